The van der Waals surface area contributed by atoms with Crippen LogP contribution in [0.3, 0.4) is 0 Å². The molecule has 0 aromatic heterocycles. The van der Waals surface area contributed by atoms with Crippen LogP contribution in [0.15, 0.2) is 10.5 Å². The lowest BCUT2D eigenvalue weighted by Crippen LogP contribution is -1.93. The number of carbonyl (C=O) groups excluding carboxylic acids is 1. The number of carbonyl (C=O) groups is 1. The molecule has 0 N–H and O–H groups in total. The highest BCUT2D eigenvalue weighted by Crippen LogP contribution is 2.45. The van der Waals surface area contributed by atoms with E-state index in [0.717, 1.165) is 0 Å². The van der Waals surface area contributed by atoms with Crippen LogP contribution in [-0.4, -0.2) is 13.1 Å². The maximum atomic E-state index is 10.6. The third-order valence-electron chi connectivity index (χ3n) is 1.69. The van der Waals surface area contributed by atoms with E-state index in [9.17, 15) is 4.79 Å². The number of ether oxygens (including phenoxy) is 2. The van der Waals surface area contributed by atoms with Gasteiger partial charge in [-0.1, -0.05) is 11.6 Å². The predicted octanol–water partition coefficient (Wildman–Crippen LogP) is 2.64. The molecule has 68 valence electrons. The van der Waals surface area contributed by atoms with Crippen molar-refractivity contribution in [3.63, 3.8) is 0 Å². The Hall–Kier alpha value is -0.740. The minimum absolute atomic E-state index is 0.135. The van der Waals surface area contributed by atoms with Gasteiger partial charge < -0.3 is 9.47 Å². The van der Waals surface area contributed by atoms with Crippen LogP contribution in [0.25, 0.3) is 0 Å². The van der Waals surface area contributed by atoms with Gasteiger partial charge in [0.2, 0.25) is 6.79 Å². The summed E-state index contributed by atoms with van der Waals surface area (Å²) in [5.41, 5.74) is 0.387. The van der Waals surface area contributed by atoms with E-state index in [-0.39, 0.29) is 6.79 Å². The summed E-state index contributed by atoms with van der Waals surface area (Å²) in [6, 6.07) is 1.60. The first-order valence-corrected chi connectivity index (χ1v) is 4.64. The molecular weight excluding hydrogens is 259 g/mol. The average Bonchev–Trinajstić information content (AvgIpc) is 2.60. The molecule has 13 heavy (non-hydrogen) atoms. The van der Waals surface area contributed by atoms with Crippen LogP contribution in [0, 0.1) is 0 Å². The van der Waals surface area contributed by atoms with Gasteiger partial charge in [-0.2, -0.15) is 0 Å². The normalized spacial score (nSPS) is 13.1. The van der Waals surface area contributed by atoms with E-state index in [1.807, 2.05) is 0 Å². The third-order valence-corrected chi connectivity index (χ3v) is 2.67. The molecule has 1 aromatic carbocycles. The second kappa shape index (κ2) is 3.20. The van der Waals surface area contributed by atoms with Crippen molar-refractivity contribution in [2.45, 2.75) is 0 Å². The van der Waals surface area contributed by atoms with Crippen molar-refractivity contribution in [2.24, 2.45) is 0 Å². The van der Waals surface area contributed by atoms with Crippen molar-refractivity contribution < 1.29 is 14.3 Å². The first-order chi connectivity index (χ1) is 6.24. The molecule has 0 unspecified atom stereocenters. The molecule has 0 saturated heterocycles. The molecule has 0 saturated carbocycles. The second-order valence-corrected chi connectivity index (χ2v) is 3.68. The first kappa shape index (κ1) is 8.84. The number of aldehydes is 1. The molecule has 0 aliphatic carbocycles. The molecule has 1 aliphatic rings. The zero-order valence-corrected chi connectivity index (χ0v) is 8.68. The lowest BCUT2D eigenvalue weighted by atomic mass is 10.2. The van der Waals surface area contributed by atoms with Crippen LogP contribution >= 0.6 is 27.5 Å². The van der Waals surface area contributed by atoms with Crippen LogP contribution in [0.4, 0.5) is 0 Å². The lowest BCUT2D eigenvalue weighted by molar-refractivity contribution is 0.112. The molecular formula is C8H4BrClO3. The van der Waals surface area contributed by atoms with Crippen LogP contribution in [0.1, 0.15) is 10.4 Å². The van der Waals surface area contributed by atoms with Crippen LogP contribution in [0.2, 0.25) is 5.02 Å². The van der Waals surface area contributed by atoms with Crippen molar-refractivity contribution in [3.05, 3.63) is 21.1 Å². The van der Waals surface area contributed by atoms with Crippen molar-refractivity contribution >= 4 is 33.8 Å². The molecule has 0 fully saturated rings. The topological polar surface area (TPSA) is 35.5 Å². The smallest absolute Gasteiger partial charge is 0.231 e. The van der Waals surface area contributed by atoms with Gasteiger partial charge in [0.05, 0.1) is 9.50 Å². The fourth-order valence-electron chi connectivity index (χ4n) is 1.10. The molecule has 1 heterocycles. The van der Waals surface area contributed by atoms with Crippen molar-refractivity contribution in [2.75, 3.05) is 6.79 Å². The summed E-state index contributed by atoms with van der Waals surface area (Å²) in [5, 5.41) is 0.297. The third kappa shape index (κ3) is 1.30. The van der Waals surface area contributed by atoms with E-state index in [2.05, 4.69) is 15.9 Å². The van der Waals surface area contributed by atoms with E-state index in [1.54, 1.807) is 6.07 Å². The molecule has 0 bridgehead atoms. The summed E-state index contributed by atoms with van der Waals surface area (Å²) >= 11 is 9.12. The molecule has 0 atom stereocenters. The number of fused-ring (bicyclic) bond motifs is 1. The molecule has 1 aliphatic heterocycles. The molecule has 3 nitrogen and oxygen atoms in total. The number of rotatable bonds is 1. The highest BCUT2D eigenvalue weighted by molar-refractivity contribution is 9.10. The maximum absolute atomic E-state index is 10.6. The minimum Gasteiger partial charge on any atom is -0.452 e. The van der Waals surface area contributed by atoms with Crippen LogP contribution in [0.5, 0.6) is 11.5 Å². The van der Waals surface area contributed by atoms with Gasteiger partial charge in [0, 0.05) is 5.56 Å². The Morgan fingerprint density at radius 2 is 2.15 bits per heavy atom. The number of hydrogen-bond acceptors (Lipinski definition) is 3. The Bertz CT molecular complexity index is 378. The van der Waals surface area contributed by atoms with E-state index in [0.29, 0.717) is 32.8 Å². The second-order valence-electron chi connectivity index (χ2n) is 2.44. The van der Waals surface area contributed by atoms with E-state index in [4.69, 9.17) is 21.1 Å². The van der Waals surface area contributed by atoms with Gasteiger partial charge in [-0.15, -0.1) is 0 Å². The Balaban J connectivity index is 2.69. The van der Waals surface area contributed by atoms with Gasteiger partial charge in [0.25, 0.3) is 0 Å². The predicted molar refractivity (Wildman–Crippen MR) is 50.7 cm³/mol. The van der Waals surface area contributed by atoms with E-state index >= 15 is 0 Å². The van der Waals surface area contributed by atoms with E-state index < -0.39 is 0 Å². The Morgan fingerprint density at radius 1 is 1.46 bits per heavy atom. The fourth-order valence-corrected chi connectivity index (χ4v) is 1.88. The van der Waals surface area contributed by atoms with Gasteiger partial charge in [0.15, 0.2) is 17.8 Å². The molecule has 1 aromatic rings. The summed E-state index contributed by atoms with van der Waals surface area (Å²) in [4.78, 5) is 10.6. The summed E-state index contributed by atoms with van der Waals surface area (Å²) in [7, 11) is 0. The van der Waals surface area contributed by atoms with Crippen molar-refractivity contribution in [1.82, 2.24) is 0 Å². The standard InChI is InChI=1S/C8H4BrClO3/c9-5-1-4(2-11)6(10)8-7(5)12-3-13-8/h1-2H,3H2. The SMILES string of the molecule is O=Cc1cc(Br)c2c(c1Cl)OCO2. The largest absolute Gasteiger partial charge is 0.452 e. The van der Waals surface area contributed by atoms with Crippen LogP contribution in [-0.2, 0) is 0 Å². The van der Waals surface area contributed by atoms with Crippen LogP contribution < -0.4 is 9.47 Å². The molecule has 2 rings (SSSR count). The molecule has 0 spiro atoms. The van der Waals surface area contributed by atoms with Gasteiger partial charge in [-0.3, -0.25) is 4.79 Å². The minimum atomic E-state index is 0.135. The Kier molecular flexibility index (Phi) is 2.17. The van der Waals surface area contributed by atoms with Gasteiger partial charge in [-0.05, 0) is 22.0 Å². The average molecular weight is 263 g/mol. The number of hydrogen-bond donors (Lipinski definition) is 0. The summed E-state index contributed by atoms with van der Waals surface area (Å²) < 4.78 is 10.9. The van der Waals surface area contributed by atoms with Gasteiger partial charge in [0.1, 0.15) is 0 Å². The Labute approximate surface area is 87.7 Å². The van der Waals surface area contributed by atoms with E-state index in [1.165, 1.54) is 0 Å². The zero-order chi connectivity index (χ0) is 9.42. The Morgan fingerprint density at radius 3 is 2.85 bits per heavy atom. The first-order valence-electron chi connectivity index (χ1n) is 3.47. The lowest BCUT2D eigenvalue weighted by Gasteiger charge is -2.03. The highest BCUT2D eigenvalue weighted by Gasteiger charge is 2.22. The quantitative estimate of drug-likeness (QED) is 0.731. The fraction of sp³-hybridized carbons (Fsp3) is 0.125. The van der Waals surface area contributed by atoms with Crippen molar-refractivity contribution in [1.29, 1.82) is 0 Å². The molecule has 0 amide bonds. The monoisotopic (exact) mass is 262 g/mol. The van der Waals surface area contributed by atoms with Gasteiger partial charge >= 0.3 is 0 Å². The van der Waals surface area contributed by atoms with Crippen molar-refractivity contribution in [3.8, 4) is 11.5 Å². The van der Waals surface area contributed by atoms with Gasteiger partial charge in [-0.25, -0.2) is 0 Å². The summed E-state index contributed by atoms with van der Waals surface area (Å²) in [5.74, 6) is 0.980. The molecule has 0 radical (unpaired) electrons. The summed E-state index contributed by atoms with van der Waals surface area (Å²) in [6.07, 6.45) is 0.676. The zero-order valence-electron chi connectivity index (χ0n) is 6.34. The number of benzene rings is 1. The highest BCUT2D eigenvalue weighted by atomic mass is 79.9. The maximum Gasteiger partial charge on any atom is 0.231 e. The summed E-state index contributed by atoms with van der Waals surface area (Å²) in [6.45, 7) is 0.135. The molecule has 5 heteroatoms. The number of halogens is 2.